The summed E-state index contributed by atoms with van der Waals surface area (Å²) in [5.41, 5.74) is 1.18. The van der Waals surface area contributed by atoms with Gasteiger partial charge in [-0.05, 0) is 30.0 Å². The molecule has 1 fully saturated rings. The lowest BCUT2D eigenvalue weighted by molar-refractivity contribution is -0.126. The fraction of sp³-hybridized carbons (Fsp3) is 0.591. The number of aromatic hydroxyl groups is 1. The quantitative estimate of drug-likeness (QED) is 0.751. The second kappa shape index (κ2) is 9.14. The zero-order chi connectivity index (χ0) is 21.1. The van der Waals surface area contributed by atoms with E-state index in [0.29, 0.717) is 13.2 Å². The number of fused-ring (bicyclic) bond motifs is 1. The third-order valence-electron chi connectivity index (χ3n) is 6.03. The van der Waals surface area contributed by atoms with Crippen LogP contribution in [0.3, 0.4) is 0 Å². The molecule has 2 atom stereocenters. The number of phenolic OH excluding ortho intramolecular Hbond substituents is 1. The topological polar surface area (TPSA) is 92.5 Å². The third-order valence-corrected chi connectivity index (χ3v) is 6.03. The number of nitrogens with one attached hydrogen (secondary N) is 1. The fourth-order valence-electron chi connectivity index (χ4n) is 4.18. The van der Waals surface area contributed by atoms with Gasteiger partial charge in [-0.15, -0.1) is 10.2 Å². The van der Waals surface area contributed by atoms with Crippen LogP contribution in [0.25, 0.3) is 0 Å². The van der Waals surface area contributed by atoms with Gasteiger partial charge in [-0.1, -0.05) is 26.0 Å². The Labute approximate surface area is 177 Å². The first-order valence-corrected chi connectivity index (χ1v) is 10.8. The minimum atomic E-state index is -0.164. The molecule has 0 aliphatic carbocycles. The monoisotopic (exact) mass is 413 g/mol. The number of nitrogens with zero attached hydrogens (tertiary/aromatic N) is 4. The second-order valence-electron chi connectivity index (χ2n) is 8.61. The zero-order valence-electron chi connectivity index (χ0n) is 17.8. The van der Waals surface area contributed by atoms with E-state index in [1.54, 1.807) is 12.1 Å². The molecular weight excluding hydrogens is 382 g/mol. The number of carbonyl (C=O) groups is 1. The molecule has 30 heavy (non-hydrogen) atoms. The molecule has 1 amide bonds. The Morgan fingerprint density at radius 2 is 2.03 bits per heavy atom. The highest BCUT2D eigenvalue weighted by molar-refractivity contribution is 5.79. The highest BCUT2D eigenvalue weighted by atomic mass is 16.5. The van der Waals surface area contributed by atoms with Crippen molar-refractivity contribution in [2.24, 2.45) is 11.8 Å². The minimum absolute atomic E-state index is 0.0473. The van der Waals surface area contributed by atoms with E-state index in [-0.39, 0.29) is 29.5 Å². The van der Waals surface area contributed by atoms with Crippen LogP contribution in [0.2, 0.25) is 0 Å². The average Bonchev–Trinajstić information content (AvgIpc) is 3.36. The molecular formula is C22H31N5O3. The van der Waals surface area contributed by atoms with E-state index in [2.05, 4.69) is 38.8 Å². The van der Waals surface area contributed by atoms with E-state index >= 15 is 0 Å². The molecule has 0 saturated carbocycles. The molecule has 2 aromatic rings. The van der Waals surface area contributed by atoms with Crippen LogP contribution in [0.15, 0.2) is 24.3 Å². The number of amides is 1. The highest BCUT2D eigenvalue weighted by Gasteiger charge is 2.31. The van der Waals surface area contributed by atoms with Crippen LogP contribution in [-0.2, 0) is 29.0 Å². The molecule has 1 aromatic heterocycles. The number of hydrogen-bond acceptors (Lipinski definition) is 6. The third kappa shape index (κ3) is 4.65. The van der Waals surface area contributed by atoms with Crippen molar-refractivity contribution in [2.45, 2.75) is 45.8 Å². The van der Waals surface area contributed by atoms with Gasteiger partial charge >= 0.3 is 0 Å². The van der Waals surface area contributed by atoms with E-state index in [1.807, 2.05) is 12.1 Å². The lowest BCUT2D eigenvalue weighted by Gasteiger charge is -2.24. The fourth-order valence-corrected chi connectivity index (χ4v) is 4.18. The van der Waals surface area contributed by atoms with E-state index in [1.165, 1.54) is 5.56 Å². The summed E-state index contributed by atoms with van der Waals surface area (Å²) in [6.45, 7) is 8.77. The predicted octanol–water partition coefficient (Wildman–Crippen LogP) is 1.89. The number of phenols is 1. The molecule has 2 aliphatic rings. The number of aromatic nitrogens is 3. The molecule has 0 radical (unpaired) electrons. The smallest absolute Gasteiger partial charge is 0.226 e. The van der Waals surface area contributed by atoms with Crippen LogP contribution in [0, 0.1) is 11.8 Å². The van der Waals surface area contributed by atoms with Crippen LogP contribution in [-0.4, -0.2) is 57.0 Å². The SMILES string of the molecule is CC(C)[C@H](NC(=O)[C@@H]1CCOC1)c1nnc2n1CCN(Cc1ccc(O)cc1)CC2. The van der Waals surface area contributed by atoms with Gasteiger partial charge in [0, 0.05) is 39.2 Å². The molecule has 162 valence electrons. The molecule has 0 unspecified atom stereocenters. The Morgan fingerprint density at radius 3 is 2.73 bits per heavy atom. The molecule has 4 rings (SSSR count). The number of rotatable bonds is 6. The lowest BCUT2D eigenvalue weighted by Crippen LogP contribution is -2.38. The summed E-state index contributed by atoms with van der Waals surface area (Å²) in [6.07, 6.45) is 1.60. The first-order valence-electron chi connectivity index (χ1n) is 10.8. The molecule has 0 bridgehead atoms. The summed E-state index contributed by atoms with van der Waals surface area (Å²) in [4.78, 5) is 15.1. The van der Waals surface area contributed by atoms with Gasteiger partial charge < -0.3 is 19.7 Å². The van der Waals surface area contributed by atoms with Crippen LogP contribution in [0.4, 0.5) is 0 Å². The Kier molecular flexibility index (Phi) is 6.34. The molecule has 8 nitrogen and oxygen atoms in total. The molecule has 0 spiro atoms. The van der Waals surface area contributed by atoms with Crippen molar-refractivity contribution < 1.29 is 14.6 Å². The zero-order valence-corrected chi connectivity index (χ0v) is 17.8. The number of benzene rings is 1. The van der Waals surface area contributed by atoms with Gasteiger partial charge in [-0.3, -0.25) is 9.69 Å². The summed E-state index contributed by atoms with van der Waals surface area (Å²) < 4.78 is 7.56. The maximum absolute atomic E-state index is 12.7. The van der Waals surface area contributed by atoms with Gasteiger partial charge in [0.25, 0.3) is 0 Å². The Hall–Kier alpha value is -2.45. The standard InChI is InChI=1S/C22H31N5O3/c1-15(2)20(23-22(29)17-8-12-30-14-17)21-25-24-19-7-9-26(10-11-27(19)21)13-16-3-5-18(28)6-4-16/h3-6,15,17,20,28H,7-14H2,1-2H3,(H,23,29)/t17-,20+/m1/s1. The Bertz CT molecular complexity index is 858. The molecule has 1 aromatic carbocycles. The second-order valence-corrected chi connectivity index (χ2v) is 8.61. The van der Waals surface area contributed by atoms with Crippen molar-refractivity contribution in [3.8, 4) is 5.75 Å². The van der Waals surface area contributed by atoms with Crippen LogP contribution in [0.5, 0.6) is 5.75 Å². The van der Waals surface area contributed by atoms with Crippen molar-refractivity contribution in [1.82, 2.24) is 25.0 Å². The summed E-state index contributed by atoms with van der Waals surface area (Å²) in [7, 11) is 0. The van der Waals surface area contributed by atoms with E-state index in [9.17, 15) is 9.90 Å². The van der Waals surface area contributed by atoms with Crippen molar-refractivity contribution in [3.63, 3.8) is 0 Å². The average molecular weight is 414 g/mol. The van der Waals surface area contributed by atoms with Gasteiger partial charge in [0.05, 0.1) is 18.6 Å². The summed E-state index contributed by atoms with van der Waals surface area (Å²) >= 11 is 0. The molecule has 2 N–H and O–H groups in total. The van der Waals surface area contributed by atoms with Crippen LogP contribution >= 0.6 is 0 Å². The van der Waals surface area contributed by atoms with Gasteiger partial charge in [-0.25, -0.2) is 0 Å². The summed E-state index contributed by atoms with van der Waals surface area (Å²) in [5.74, 6) is 2.29. The first kappa shape index (κ1) is 20.8. The first-order chi connectivity index (χ1) is 14.5. The minimum Gasteiger partial charge on any atom is -0.508 e. The van der Waals surface area contributed by atoms with E-state index < -0.39 is 0 Å². The molecule has 3 heterocycles. The number of hydrogen-bond donors (Lipinski definition) is 2. The van der Waals surface area contributed by atoms with Crippen molar-refractivity contribution in [2.75, 3.05) is 26.3 Å². The summed E-state index contributed by atoms with van der Waals surface area (Å²) in [6, 6.07) is 7.21. The van der Waals surface area contributed by atoms with Crippen LogP contribution in [0.1, 0.15) is 43.5 Å². The Morgan fingerprint density at radius 1 is 1.23 bits per heavy atom. The van der Waals surface area contributed by atoms with E-state index in [0.717, 1.165) is 50.7 Å². The van der Waals surface area contributed by atoms with Crippen molar-refractivity contribution >= 4 is 5.91 Å². The lowest BCUT2D eigenvalue weighted by atomic mass is 10.0. The van der Waals surface area contributed by atoms with Crippen molar-refractivity contribution in [3.05, 3.63) is 41.5 Å². The van der Waals surface area contributed by atoms with Gasteiger partial charge in [0.1, 0.15) is 11.6 Å². The maximum atomic E-state index is 12.7. The molecule has 1 saturated heterocycles. The van der Waals surface area contributed by atoms with Crippen LogP contribution < -0.4 is 5.32 Å². The number of ether oxygens (including phenoxy) is 1. The Balaban J connectivity index is 1.45. The summed E-state index contributed by atoms with van der Waals surface area (Å²) in [5, 5.41) is 21.6. The largest absolute Gasteiger partial charge is 0.508 e. The van der Waals surface area contributed by atoms with Gasteiger partial charge in [-0.2, -0.15) is 0 Å². The normalized spacial score (nSPS) is 20.7. The predicted molar refractivity (Wildman–Crippen MR) is 112 cm³/mol. The number of carbonyl (C=O) groups excluding carboxylic acids is 1. The highest BCUT2D eigenvalue weighted by Crippen LogP contribution is 2.24. The van der Waals surface area contributed by atoms with Gasteiger partial charge in [0.2, 0.25) is 5.91 Å². The maximum Gasteiger partial charge on any atom is 0.226 e. The van der Waals surface area contributed by atoms with E-state index in [4.69, 9.17) is 4.74 Å². The molecule has 2 aliphatic heterocycles. The molecule has 8 heteroatoms. The van der Waals surface area contributed by atoms with Gasteiger partial charge in [0.15, 0.2) is 5.82 Å². The van der Waals surface area contributed by atoms with Crippen molar-refractivity contribution in [1.29, 1.82) is 0 Å².